The van der Waals surface area contributed by atoms with Crippen molar-refractivity contribution in [1.82, 2.24) is 14.8 Å². The second kappa shape index (κ2) is 13.6. The van der Waals surface area contributed by atoms with E-state index < -0.39 is 5.43 Å². The Labute approximate surface area is 274 Å². The molecule has 46 heavy (non-hydrogen) atoms. The van der Waals surface area contributed by atoms with Crippen LogP contribution in [0.15, 0.2) is 65.6 Å². The summed E-state index contributed by atoms with van der Waals surface area (Å²) in [5.41, 5.74) is 1.99. The Morgan fingerprint density at radius 3 is 2.02 bits per heavy atom. The number of fused-ring (bicyclic) bond motifs is 3. The average molecular weight is 646 g/mol. The van der Waals surface area contributed by atoms with Crippen molar-refractivity contribution in [3.63, 3.8) is 0 Å². The van der Waals surface area contributed by atoms with Gasteiger partial charge in [-0.2, -0.15) is 0 Å². The number of pyridine rings is 1. The molecule has 0 aliphatic carbocycles. The summed E-state index contributed by atoms with van der Waals surface area (Å²) < 4.78 is 25.0. The summed E-state index contributed by atoms with van der Waals surface area (Å²) >= 11 is 7.06. The van der Waals surface area contributed by atoms with Gasteiger partial charge in [-0.05, 0) is 75.0 Å². The average Bonchev–Trinajstić information content (AvgIpc) is 3.26. The molecule has 3 aromatic carbocycles. The minimum atomic E-state index is -0.436. The molecule has 1 N–H and O–H groups in total. The minimum absolute atomic E-state index is 0.0268. The van der Waals surface area contributed by atoms with Crippen molar-refractivity contribution < 1.29 is 23.7 Å². The van der Waals surface area contributed by atoms with E-state index in [2.05, 4.69) is 17.3 Å². The van der Waals surface area contributed by atoms with E-state index in [-0.39, 0.29) is 46.9 Å². The first-order valence-corrected chi connectivity index (χ1v) is 16.1. The van der Waals surface area contributed by atoms with E-state index in [0.717, 1.165) is 48.3 Å². The molecule has 6 rings (SSSR count). The number of nitrogens with one attached hydrogen (secondary N) is 1. The first-order valence-electron chi connectivity index (χ1n) is 15.7. The lowest BCUT2D eigenvalue weighted by Crippen LogP contribution is -2.49. The lowest BCUT2D eigenvalue weighted by molar-refractivity contribution is 0.0881. The Bertz CT molecular complexity index is 1760. The number of halogens is 1. The van der Waals surface area contributed by atoms with Crippen LogP contribution < -0.4 is 29.7 Å². The van der Waals surface area contributed by atoms with Gasteiger partial charge in [-0.3, -0.25) is 9.59 Å². The molecule has 0 radical (unpaired) electrons. The molecule has 10 heteroatoms. The zero-order valence-electron chi connectivity index (χ0n) is 26.7. The van der Waals surface area contributed by atoms with Crippen molar-refractivity contribution >= 4 is 28.4 Å². The number of hydrogen-bond donors (Lipinski definition) is 1. The number of benzene rings is 3. The summed E-state index contributed by atoms with van der Waals surface area (Å²) in [6, 6.07) is 17.8. The predicted molar refractivity (Wildman–Crippen MR) is 179 cm³/mol. The van der Waals surface area contributed by atoms with Crippen molar-refractivity contribution in [3.8, 4) is 23.0 Å². The van der Waals surface area contributed by atoms with Gasteiger partial charge in [-0.25, -0.2) is 0 Å². The molecule has 2 aliphatic rings. The number of methoxy groups -OCH3 is 2. The number of carbonyl (C=O) groups excluding carboxylic acids is 1. The normalized spacial score (nSPS) is 19.2. The number of piperidine rings is 1. The van der Waals surface area contributed by atoms with Gasteiger partial charge in [0, 0.05) is 36.9 Å². The van der Waals surface area contributed by atoms with E-state index in [0.29, 0.717) is 29.9 Å². The first kappa shape index (κ1) is 31.8. The van der Waals surface area contributed by atoms with E-state index in [9.17, 15) is 9.59 Å². The topological polar surface area (TPSA) is 91.3 Å². The highest BCUT2D eigenvalue weighted by Crippen LogP contribution is 2.41. The largest absolute Gasteiger partial charge is 0.497 e. The maximum absolute atomic E-state index is 14.1. The fourth-order valence-corrected chi connectivity index (χ4v) is 7.01. The molecule has 1 amide bonds. The Balaban J connectivity index is 1.35. The van der Waals surface area contributed by atoms with Gasteiger partial charge in [0.15, 0.2) is 11.5 Å². The van der Waals surface area contributed by atoms with Crippen molar-refractivity contribution in [2.24, 2.45) is 0 Å². The molecule has 2 bridgehead atoms. The third-order valence-electron chi connectivity index (χ3n) is 9.35. The maximum Gasteiger partial charge on any atom is 0.256 e. The molecule has 3 heterocycles. The van der Waals surface area contributed by atoms with Gasteiger partial charge in [0.1, 0.15) is 30.3 Å². The summed E-state index contributed by atoms with van der Waals surface area (Å²) in [5.74, 6) is 1.73. The molecule has 9 nitrogen and oxygen atoms in total. The van der Waals surface area contributed by atoms with Crippen LogP contribution in [0.5, 0.6) is 23.0 Å². The molecule has 2 fully saturated rings. The van der Waals surface area contributed by atoms with Crippen LogP contribution in [0.3, 0.4) is 0 Å². The highest BCUT2D eigenvalue weighted by Gasteiger charge is 2.39. The zero-order chi connectivity index (χ0) is 32.4. The number of nitrogens with zero attached hydrogens (tertiary/aromatic N) is 2. The Hall–Kier alpha value is -4.21. The predicted octanol–water partition coefficient (Wildman–Crippen LogP) is 6.21. The molecule has 2 aliphatic heterocycles. The number of aromatic nitrogens is 1. The lowest BCUT2D eigenvalue weighted by atomic mass is 9.97. The fraction of sp³-hybridized carbons (Fsp3) is 0.389. The molecule has 0 saturated carbocycles. The van der Waals surface area contributed by atoms with Gasteiger partial charge >= 0.3 is 0 Å². The summed E-state index contributed by atoms with van der Waals surface area (Å²) in [6.45, 7) is 2.88. The molecule has 3 atom stereocenters. The maximum atomic E-state index is 14.1. The van der Waals surface area contributed by atoms with Crippen LogP contribution in [0.4, 0.5) is 0 Å². The van der Waals surface area contributed by atoms with Crippen LogP contribution in [0.1, 0.15) is 54.1 Å². The third kappa shape index (κ3) is 6.39. The quantitative estimate of drug-likeness (QED) is 0.208. The first-order chi connectivity index (χ1) is 22.3. The van der Waals surface area contributed by atoms with Crippen LogP contribution in [0.2, 0.25) is 5.02 Å². The van der Waals surface area contributed by atoms with E-state index in [1.807, 2.05) is 60.0 Å². The number of rotatable bonds is 11. The highest BCUT2D eigenvalue weighted by atomic mass is 35.5. The second-order valence-corrected chi connectivity index (χ2v) is 12.4. The van der Waals surface area contributed by atoms with Crippen LogP contribution in [-0.4, -0.2) is 54.8 Å². The summed E-state index contributed by atoms with van der Waals surface area (Å²) in [7, 11) is 5.40. The van der Waals surface area contributed by atoms with Crippen molar-refractivity contribution in [2.75, 3.05) is 21.3 Å². The van der Waals surface area contributed by atoms with E-state index in [1.165, 1.54) is 0 Å². The molecule has 0 unspecified atom stereocenters. The second-order valence-electron chi connectivity index (χ2n) is 12.0. The number of ether oxygens (including phenoxy) is 4. The molecule has 1 aromatic heterocycles. The summed E-state index contributed by atoms with van der Waals surface area (Å²) in [4.78, 5) is 30.1. The van der Waals surface area contributed by atoms with Crippen LogP contribution in [-0.2, 0) is 19.8 Å². The smallest absolute Gasteiger partial charge is 0.256 e. The highest BCUT2D eigenvalue weighted by molar-refractivity contribution is 6.37. The van der Waals surface area contributed by atoms with Gasteiger partial charge in [0.05, 0.1) is 30.1 Å². The molecule has 2 saturated heterocycles. The number of carbonyl (C=O) groups is 1. The minimum Gasteiger partial charge on any atom is -0.497 e. The molecule has 4 aromatic rings. The van der Waals surface area contributed by atoms with Crippen LogP contribution in [0, 0.1) is 0 Å². The molecular formula is C36H40ClN3O6. The van der Waals surface area contributed by atoms with Gasteiger partial charge in [-0.15, -0.1) is 0 Å². The number of amides is 1. The van der Waals surface area contributed by atoms with Gasteiger partial charge in [0.2, 0.25) is 5.43 Å². The SMILES string of the molecule is CCn1cc(C(=O)N[C@@H]2C[C@H]3CC[C@@H](C2)N3C)c(=O)c2c(Cl)c(OCc3ccc(OC)cc3)c(OCc3ccc(OC)cc3)cc21. The third-order valence-corrected chi connectivity index (χ3v) is 9.71. The van der Waals surface area contributed by atoms with Crippen LogP contribution in [0.25, 0.3) is 10.9 Å². The number of aryl methyl sites for hydroxylation is 1. The zero-order valence-corrected chi connectivity index (χ0v) is 27.4. The lowest BCUT2D eigenvalue weighted by Gasteiger charge is -2.36. The van der Waals surface area contributed by atoms with Gasteiger partial charge in [0.25, 0.3) is 5.91 Å². The van der Waals surface area contributed by atoms with Crippen molar-refractivity contribution in [1.29, 1.82) is 0 Å². The van der Waals surface area contributed by atoms with E-state index >= 15 is 0 Å². The molecule has 242 valence electrons. The molecule has 0 spiro atoms. The fourth-order valence-electron chi connectivity index (χ4n) is 6.67. The van der Waals surface area contributed by atoms with Crippen molar-refractivity contribution in [3.05, 3.63) is 92.7 Å². The summed E-state index contributed by atoms with van der Waals surface area (Å²) in [5, 5.41) is 3.49. The number of hydrogen-bond acceptors (Lipinski definition) is 7. The van der Waals surface area contributed by atoms with E-state index in [1.54, 1.807) is 26.5 Å². The summed E-state index contributed by atoms with van der Waals surface area (Å²) in [6.07, 6.45) is 5.68. The Morgan fingerprint density at radius 1 is 0.913 bits per heavy atom. The standard InChI is InChI=1S/C36H40ClN3O6/c1-5-40-19-29(36(42)38-24-16-25-10-11-26(17-24)39(25)2)34(41)32-30(40)18-31(45-20-22-6-12-27(43-3)13-7-22)35(33(32)37)46-21-23-8-14-28(44-4)15-9-23/h6-9,12-15,18-19,24-26H,5,10-11,16-17,20-21H2,1-4H3,(H,38,42)/t24-,25-,26+. The van der Waals surface area contributed by atoms with E-state index in [4.69, 9.17) is 30.5 Å². The van der Waals surface area contributed by atoms with Gasteiger partial charge in [-0.1, -0.05) is 35.9 Å². The van der Waals surface area contributed by atoms with Crippen LogP contribution >= 0.6 is 11.6 Å². The Morgan fingerprint density at radius 2 is 1.48 bits per heavy atom. The van der Waals surface area contributed by atoms with Crippen molar-refractivity contribution in [2.45, 2.75) is 70.5 Å². The monoisotopic (exact) mass is 645 g/mol. The Kier molecular flexibility index (Phi) is 9.42. The molecular weight excluding hydrogens is 606 g/mol. The van der Waals surface area contributed by atoms with Gasteiger partial charge < -0.3 is 33.7 Å².